The number of carbonyl (C=O) groups is 2. The number of aromatic amines is 1. The molecule has 2 heterocycles. The molecule has 0 spiro atoms. The highest BCUT2D eigenvalue weighted by molar-refractivity contribution is 7.71. The summed E-state index contributed by atoms with van der Waals surface area (Å²) in [5.41, 5.74) is 1.28. The van der Waals surface area contributed by atoms with Gasteiger partial charge in [-0.1, -0.05) is 0 Å². The molecular formula is C17H18N6O4S. The number of H-pyrrole nitrogens is 1. The van der Waals surface area contributed by atoms with Crippen LogP contribution in [0.15, 0.2) is 27.4 Å². The Bertz CT molecular complexity index is 1180. The lowest BCUT2D eigenvalue weighted by Gasteiger charge is -2.08. The predicted octanol–water partition coefficient (Wildman–Crippen LogP) is 1.02. The van der Waals surface area contributed by atoms with Crippen LogP contribution in [0.4, 0.5) is 5.69 Å². The van der Waals surface area contributed by atoms with Gasteiger partial charge in [0.25, 0.3) is 0 Å². The summed E-state index contributed by atoms with van der Waals surface area (Å²) in [4.78, 5) is 35.7. The van der Waals surface area contributed by atoms with E-state index in [0.717, 1.165) is 18.7 Å². The van der Waals surface area contributed by atoms with E-state index in [2.05, 4.69) is 20.8 Å². The second kappa shape index (κ2) is 7.08. The van der Waals surface area contributed by atoms with Crippen molar-refractivity contribution >= 4 is 40.8 Å². The zero-order valence-corrected chi connectivity index (χ0v) is 15.8. The number of fused-ring (bicyclic) bond motifs is 1. The molecule has 1 aromatic carbocycles. The monoisotopic (exact) mass is 402 g/mol. The third-order valence-corrected chi connectivity index (χ3v) is 4.92. The van der Waals surface area contributed by atoms with Gasteiger partial charge in [0.05, 0.1) is 5.52 Å². The van der Waals surface area contributed by atoms with Gasteiger partial charge in [0.15, 0.2) is 10.4 Å². The van der Waals surface area contributed by atoms with Crippen LogP contribution in [0.3, 0.4) is 0 Å². The van der Waals surface area contributed by atoms with Crippen molar-refractivity contribution in [2.24, 2.45) is 7.05 Å². The van der Waals surface area contributed by atoms with E-state index in [1.807, 2.05) is 4.57 Å². The van der Waals surface area contributed by atoms with Crippen LogP contribution in [-0.2, 0) is 23.2 Å². The number of nitrogens with zero attached hydrogens (tertiary/aromatic N) is 3. The molecule has 10 nitrogen and oxygen atoms in total. The minimum absolute atomic E-state index is 0.242. The summed E-state index contributed by atoms with van der Waals surface area (Å²) in [6.45, 7) is 0.674. The van der Waals surface area contributed by atoms with Gasteiger partial charge in [-0.05, 0) is 37.2 Å². The number of oxazole rings is 1. The fraction of sp³-hybridized carbons (Fsp3) is 0.353. The zero-order valence-electron chi connectivity index (χ0n) is 15.0. The molecule has 4 rings (SSSR count). The number of benzene rings is 1. The summed E-state index contributed by atoms with van der Waals surface area (Å²) in [5.74, 6) is -0.769. The van der Waals surface area contributed by atoms with E-state index < -0.39 is 17.6 Å². The molecule has 1 saturated carbocycles. The Morgan fingerprint density at radius 3 is 2.89 bits per heavy atom. The molecule has 11 heteroatoms. The van der Waals surface area contributed by atoms with Crippen molar-refractivity contribution in [3.63, 3.8) is 0 Å². The first-order chi connectivity index (χ1) is 13.4. The van der Waals surface area contributed by atoms with Gasteiger partial charge in [0, 0.05) is 37.8 Å². The van der Waals surface area contributed by atoms with Gasteiger partial charge in [-0.2, -0.15) is 5.10 Å². The summed E-state index contributed by atoms with van der Waals surface area (Å²) in [7, 11) is 1.58. The first kappa shape index (κ1) is 18.2. The van der Waals surface area contributed by atoms with E-state index >= 15 is 0 Å². The van der Waals surface area contributed by atoms with Crippen molar-refractivity contribution in [2.75, 3.05) is 11.9 Å². The van der Waals surface area contributed by atoms with Crippen molar-refractivity contribution in [3.05, 3.63) is 39.3 Å². The van der Waals surface area contributed by atoms with Crippen molar-refractivity contribution in [1.82, 2.24) is 24.6 Å². The normalized spacial score (nSPS) is 13.6. The Balaban J connectivity index is 1.35. The third kappa shape index (κ3) is 3.48. The van der Waals surface area contributed by atoms with Crippen LogP contribution in [0.1, 0.15) is 24.6 Å². The van der Waals surface area contributed by atoms with Crippen molar-refractivity contribution < 1.29 is 14.0 Å². The minimum atomic E-state index is -0.809. The smallest absolute Gasteiger partial charge is 0.408 e. The number of nitrogens with one attached hydrogen (secondary N) is 3. The highest BCUT2D eigenvalue weighted by Crippen LogP contribution is 2.38. The fourth-order valence-corrected chi connectivity index (χ4v) is 3.19. The van der Waals surface area contributed by atoms with Crippen LogP contribution in [0.2, 0.25) is 0 Å². The maximum Gasteiger partial charge on any atom is 0.419 e. The van der Waals surface area contributed by atoms with Crippen LogP contribution in [0, 0.1) is 4.77 Å². The second-order valence-electron chi connectivity index (χ2n) is 6.63. The predicted molar refractivity (Wildman–Crippen MR) is 102 cm³/mol. The van der Waals surface area contributed by atoms with Gasteiger partial charge in [0.1, 0.15) is 5.82 Å². The number of hydrogen-bond donors (Lipinski definition) is 3. The molecule has 1 aliphatic carbocycles. The molecule has 3 aromatic rings. The van der Waals surface area contributed by atoms with E-state index in [-0.39, 0.29) is 6.54 Å². The van der Waals surface area contributed by atoms with Crippen LogP contribution in [-0.4, -0.2) is 37.7 Å². The fourth-order valence-electron chi connectivity index (χ4n) is 2.96. The molecule has 0 bridgehead atoms. The molecule has 2 aromatic heterocycles. The van der Waals surface area contributed by atoms with E-state index in [1.165, 1.54) is 10.6 Å². The van der Waals surface area contributed by atoms with Crippen LogP contribution in [0.25, 0.3) is 11.1 Å². The lowest BCUT2D eigenvalue weighted by Crippen LogP contribution is -2.37. The van der Waals surface area contributed by atoms with Crippen LogP contribution < -0.4 is 16.4 Å². The molecule has 0 aliphatic heterocycles. The van der Waals surface area contributed by atoms with Crippen molar-refractivity contribution in [2.45, 2.75) is 25.3 Å². The Hall–Kier alpha value is -3.21. The second-order valence-corrected chi connectivity index (χ2v) is 7.02. The lowest BCUT2D eigenvalue weighted by molar-refractivity contribution is -0.136. The standard InChI is InChI=1S/C17H18N6O4S/c1-22-11-5-4-10(8-12(11)27-17(22)26)19-15(25)14(24)18-6-7-23-13(9-2-3-9)20-21-16(23)28/h4-5,8-9H,2-3,6-7H2,1H3,(H,18,24)(H,19,25)(H,21,28). The lowest BCUT2D eigenvalue weighted by atomic mass is 10.3. The number of anilines is 1. The van der Waals surface area contributed by atoms with Gasteiger partial charge in [-0.3, -0.25) is 19.3 Å². The molecule has 1 fully saturated rings. The zero-order chi connectivity index (χ0) is 19.8. The Morgan fingerprint density at radius 1 is 1.36 bits per heavy atom. The van der Waals surface area contributed by atoms with Gasteiger partial charge < -0.3 is 19.6 Å². The SMILES string of the molecule is Cn1c(=O)oc2cc(NC(=O)C(=O)NCCn3c(C4CC4)n[nH]c3=S)ccc21. The summed E-state index contributed by atoms with van der Waals surface area (Å²) >= 11 is 5.21. The molecule has 28 heavy (non-hydrogen) atoms. The molecule has 2 amide bonds. The highest BCUT2D eigenvalue weighted by atomic mass is 32.1. The van der Waals surface area contributed by atoms with Crippen molar-refractivity contribution in [1.29, 1.82) is 0 Å². The Labute approximate surface area is 163 Å². The van der Waals surface area contributed by atoms with Gasteiger partial charge in [-0.25, -0.2) is 4.79 Å². The quantitative estimate of drug-likeness (QED) is 0.432. The molecule has 146 valence electrons. The third-order valence-electron chi connectivity index (χ3n) is 4.61. The number of amides is 2. The van der Waals surface area contributed by atoms with E-state index in [4.69, 9.17) is 16.6 Å². The number of rotatable bonds is 5. The van der Waals surface area contributed by atoms with E-state index in [1.54, 1.807) is 19.2 Å². The van der Waals surface area contributed by atoms with Crippen molar-refractivity contribution in [3.8, 4) is 0 Å². The Kier molecular flexibility index (Phi) is 4.59. The van der Waals surface area contributed by atoms with Crippen LogP contribution >= 0.6 is 12.2 Å². The van der Waals surface area contributed by atoms with Gasteiger partial charge >= 0.3 is 17.6 Å². The van der Waals surface area contributed by atoms with Gasteiger partial charge in [0.2, 0.25) is 0 Å². The molecule has 0 atom stereocenters. The molecular weight excluding hydrogens is 384 g/mol. The average molecular weight is 402 g/mol. The molecule has 0 saturated heterocycles. The summed E-state index contributed by atoms with van der Waals surface area (Å²) < 4.78 is 8.76. The minimum Gasteiger partial charge on any atom is -0.408 e. The summed E-state index contributed by atoms with van der Waals surface area (Å²) in [6.07, 6.45) is 2.17. The molecule has 1 aliphatic rings. The van der Waals surface area contributed by atoms with Gasteiger partial charge in [-0.15, -0.1) is 0 Å². The number of aryl methyl sites for hydroxylation is 1. The first-order valence-corrected chi connectivity index (χ1v) is 9.18. The summed E-state index contributed by atoms with van der Waals surface area (Å²) in [5, 5.41) is 12.0. The van der Waals surface area contributed by atoms with E-state index in [9.17, 15) is 14.4 Å². The maximum atomic E-state index is 12.1. The molecule has 3 N–H and O–H groups in total. The number of carbonyl (C=O) groups excluding carboxylic acids is 2. The summed E-state index contributed by atoms with van der Waals surface area (Å²) in [6, 6.07) is 4.72. The number of hydrogen-bond acceptors (Lipinski definition) is 6. The maximum absolute atomic E-state index is 12.1. The Morgan fingerprint density at radius 2 is 2.14 bits per heavy atom. The first-order valence-electron chi connectivity index (χ1n) is 8.78. The molecule has 0 unspecified atom stereocenters. The topological polar surface area (TPSA) is 127 Å². The average Bonchev–Trinajstić information content (AvgIpc) is 3.39. The largest absolute Gasteiger partial charge is 0.419 e. The van der Waals surface area contributed by atoms with Crippen LogP contribution in [0.5, 0.6) is 0 Å². The highest BCUT2D eigenvalue weighted by Gasteiger charge is 2.29. The van der Waals surface area contributed by atoms with E-state index in [0.29, 0.717) is 34.0 Å². The molecule has 0 radical (unpaired) electrons. The number of aromatic nitrogens is 4.